The Kier molecular flexibility index (Phi) is 7.83. The largest absolute Gasteiger partial charge is 0.454 e. The van der Waals surface area contributed by atoms with Gasteiger partial charge in [-0.25, -0.2) is 0 Å². The van der Waals surface area contributed by atoms with Gasteiger partial charge in [-0.2, -0.15) is 0 Å². The second kappa shape index (κ2) is 11.6. The first-order chi connectivity index (χ1) is 18.5. The Morgan fingerprint density at radius 2 is 1.76 bits per heavy atom. The molecule has 1 aromatic heterocycles. The number of likely N-dealkylation sites (tertiary alicyclic amines) is 1. The zero-order valence-corrected chi connectivity index (χ0v) is 21.8. The highest BCUT2D eigenvalue weighted by Crippen LogP contribution is 2.34. The molecule has 2 N–H and O–H groups in total. The number of rotatable bonds is 8. The molecule has 3 amide bonds. The van der Waals surface area contributed by atoms with Gasteiger partial charge >= 0.3 is 0 Å². The van der Waals surface area contributed by atoms with E-state index in [1.165, 1.54) is 5.56 Å². The molecule has 0 radical (unpaired) electrons. The van der Waals surface area contributed by atoms with E-state index >= 15 is 0 Å². The molecular formula is C27H29N5O5S. The van der Waals surface area contributed by atoms with E-state index in [9.17, 15) is 14.4 Å². The lowest BCUT2D eigenvalue weighted by Gasteiger charge is -2.31. The number of hydrogen-bond donors (Lipinski definition) is 2. The Bertz CT molecular complexity index is 1310. The Balaban J connectivity index is 1.07. The van der Waals surface area contributed by atoms with Gasteiger partial charge in [0.2, 0.25) is 22.7 Å². The normalized spacial score (nSPS) is 15.7. The summed E-state index contributed by atoms with van der Waals surface area (Å²) in [5, 5.41) is 13.9. The van der Waals surface area contributed by atoms with Gasteiger partial charge in [0.15, 0.2) is 11.5 Å². The molecule has 198 valence electrons. The number of nitrogens with zero attached hydrogens (tertiary/aromatic N) is 3. The van der Waals surface area contributed by atoms with Crippen LogP contribution in [0.15, 0.2) is 48.5 Å². The molecule has 0 bridgehead atoms. The summed E-state index contributed by atoms with van der Waals surface area (Å²) in [6.07, 6.45) is 1.93. The molecule has 2 aliphatic heterocycles. The van der Waals surface area contributed by atoms with Crippen molar-refractivity contribution in [2.45, 2.75) is 32.1 Å². The summed E-state index contributed by atoms with van der Waals surface area (Å²) in [6, 6.07) is 15.2. The average Bonchev–Trinajstić information content (AvgIpc) is 3.62. The maximum atomic E-state index is 13.0. The third-order valence-corrected chi connectivity index (χ3v) is 7.69. The van der Waals surface area contributed by atoms with Gasteiger partial charge in [0.1, 0.15) is 0 Å². The number of fused-ring (bicyclic) bond motifs is 1. The molecule has 11 heteroatoms. The second-order valence-electron chi connectivity index (χ2n) is 9.49. The molecule has 0 unspecified atom stereocenters. The third kappa shape index (κ3) is 6.10. The van der Waals surface area contributed by atoms with Crippen LogP contribution in [0.5, 0.6) is 11.5 Å². The number of aromatic nitrogens is 2. The Hall–Kier alpha value is -3.99. The van der Waals surface area contributed by atoms with Crippen LogP contribution in [0.25, 0.3) is 0 Å². The minimum Gasteiger partial charge on any atom is -0.454 e. The molecule has 3 heterocycles. The first-order valence-corrected chi connectivity index (χ1v) is 13.4. The lowest BCUT2D eigenvalue weighted by atomic mass is 9.93. The monoisotopic (exact) mass is 535 g/mol. The Morgan fingerprint density at radius 1 is 1.03 bits per heavy atom. The van der Waals surface area contributed by atoms with E-state index in [1.807, 2.05) is 18.2 Å². The van der Waals surface area contributed by atoms with Crippen molar-refractivity contribution < 1.29 is 23.9 Å². The molecule has 1 fully saturated rings. The highest BCUT2D eigenvalue weighted by atomic mass is 32.1. The molecule has 10 nitrogen and oxygen atoms in total. The molecule has 5 rings (SSSR count). The van der Waals surface area contributed by atoms with Crippen LogP contribution in [0, 0.1) is 5.92 Å². The van der Waals surface area contributed by atoms with Crippen molar-refractivity contribution in [3.63, 3.8) is 0 Å². The van der Waals surface area contributed by atoms with Crippen LogP contribution in [0.3, 0.4) is 0 Å². The van der Waals surface area contributed by atoms with Crippen LogP contribution in [-0.2, 0) is 4.79 Å². The number of anilines is 1. The predicted octanol–water partition coefficient (Wildman–Crippen LogP) is 3.68. The molecule has 2 aliphatic rings. The Morgan fingerprint density at radius 3 is 2.55 bits per heavy atom. The number of carbonyl (C=O) groups is 3. The number of amides is 3. The van der Waals surface area contributed by atoms with E-state index in [2.05, 4.69) is 39.9 Å². The molecule has 0 spiro atoms. The van der Waals surface area contributed by atoms with Crippen LogP contribution < -0.4 is 20.1 Å². The van der Waals surface area contributed by atoms with Crippen LogP contribution in [0.4, 0.5) is 5.69 Å². The minimum absolute atomic E-state index is 0.0415. The first-order valence-electron chi connectivity index (χ1n) is 12.6. The summed E-state index contributed by atoms with van der Waals surface area (Å²) in [5.74, 6) is 0.988. The zero-order valence-electron chi connectivity index (χ0n) is 21.0. The summed E-state index contributed by atoms with van der Waals surface area (Å²) in [5.41, 5.74) is 1.73. The highest BCUT2D eigenvalue weighted by molar-refractivity contribution is 7.15. The third-order valence-electron chi connectivity index (χ3n) is 6.78. The van der Waals surface area contributed by atoms with E-state index < -0.39 is 5.91 Å². The van der Waals surface area contributed by atoms with Gasteiger partial charge < -0.3 is 25.0 Å². The lowest BCUT2D eigenvalue weighted by Crippen LogP contribution is -2.40. The number of carbonyl (C=O) groups excluding carboxylic acids is 3. The number of ether oxygens (including phenoxy) is 2. The average molecular weight is 536 g/mol. The molecule has 2 aromatic carbocycles. The molecule has 3 aromatic rings. The fraction of sp³-hybridized carbons (Fsp3) is 0.370. The topological polar surface area (TPSA) is 123 Å². The molecule has 1 atom stereocenters. The fourth-order valence-corrected chi connectivity index (χ4v) is 5.24. The maximum absolute atomic E-state index is 13.0. The molecule has 0 aliphatic carbocycles. The minimum atomic E-state index is -0.452. The van der Waals surface area contributed by atoms with Crippen molar-refractivity contribution in [3.05, 3.63) is 64.1 Å². The summed E-state index contributed by atoms with van der Waals surface area (Å²) in [4.78, 5) is 39.8. The number of piperidine rings is 1. The van der Waals surface area contributed by atoms with E-state index in [-0.39, 0.29) is 40.5 Å². The van der Waals surface area contributed by atoms with Crippen molar-refractivity contribution in [3.8, 4) is 11.5 Å². The maximum Gasteiger partial charge on any atom is 0.286 e. The van der Waals surface area contributed by atoms with Gasteiger partial charge in [0.05, 0.1) is 0 Å². The van der Waals surface area contributed by atoms with Gasteiger partial charge in [0.25, 0.3) is 11.8 Å². The summed E-state index contributed by atoms with van der Waals surface area (Å²) in [7, 11) is 0. The Labute approximate surface area is 224 Å². The van der Waals surface area contributed by atoms with Crippen LogP contribution in [0.1, 0.15) is 57.3 Å². The van der Waals surface area contributed by atoms with Crippen molar-refractivity contribution in [2.75, 3.05) is 31.7 Å². The molecule has 0 saturated carbocycles. The van der Waals surface area contributed by atoms with Gasteiger partial charge in [-0.15, -0.1) is 10.2 Å². The quantitative estimate of drug-likeness (QED) is 0.451. The van der Waals surface area contributed by atoms with E-state index in [0.717, 1.165) is 24.2 Å². The summed E-state index contributed by atoms with van der Waals surface area (Å²) < 4.78 is 10.6. The first kappa shape index (κ1) is 25.7. The van der Waals surface area contributed by atoms with Crippen molar-refractivity contribution in [1.29, 1.82) is 0 Å². The van der Waals surface area contributed by atoms with Crippen molar-refractivity contribution >= 4 is 34.7 Å². The van der Waals surface area contributed by atoms with Crippen LogP contribution in [0.2, 0.25) is 0 Å². The fourth-order valence-electron chi connectivity index (χ4n) is 4.54. The van der Waals surface area contributed by atoms with Gasteiger partial charge in [-0.05, 0) is 42.4 Å². The van der Waals surface area contributed by atoms with Gasteiger partial charge in [-0.3, -0.25) is 14.4 Å². The van der Waals surface area contributed by atoms with Crippen molar-refractivity contribution in [2.24, 2.45) is 5.92 Å². The molecule has 1 saturated heterocycles. The van der Waals surface area contributed by atoms with E-state index in [1.54, 1.807) is 23.1 Å². The van der Waals surface area contributed by atoms with Crippen LogP contribution in [-0.4, -0.2) is 59.2 Å². The van der Waals surface area contributed by atoms with E-state index in [4.69, 9.17) is 9.47 Å². The number of nitrogens with one attached hydrogen (secondary N) is 2. The summed E-state index contributed by atoms with van der Waals surface area (Å²) >= 11 is 0.961. The zero-order chi connectivity index (χ0) is 26.5. The standard InChI is InChI=1S/C27H29N5O5S/c1-17(19-5-3-2-4-6-19)15-28-23(33)13-18-9-11-32(12-10-18)27(35)26-31-30-25(38-26)24(34)29-20-7-8-21-22(14-20)37-16-36-21/h2-8,14,17-18H,9-13,15-16H2,1H3,(H,28,33)(H,29,34)/t17-/m1/s1. The highest BCUT2D eigenvalue weighted by Gasteiger charge is 2.28. The SMILES string of the molecule is C[C@H](CNC(=O)CC1CCN(C(=O)c2nnc(C(=O)Nc3ccc4c(c3)OCO4)s2)CC1)c1ccccc1. The smallest absolute Gasteiger partial charge is 0.286 e. The number of benzene rings is 2. The number of hydrogen-bond acceptors (Lipinski definition) is 8. The van der Waals surface area contributed by atoms with Gasteiger partial charge in [0, 0.05) is 37.8 Å². The second-order valence-corrected chi connectivity index (χ2v) is 10.5. The summed E-state index contributed by atoms with van der Waals surface area (Å²) in [6.45, 7) is 3.92. The van der Waals surface area contributed by atoms with Crippen molar-refractivity contribution in [1.82, 2.24) is 20.4 Å². The molecule has 38 heavy (non-hydrogen) atoms. The van der Waals surface area contributed by atoms with Gasteiger partial charge in [-0.1, -0.05) is 48.6 Å². The predicted molar refractivity (Wildman–Crippen MR) is 142 cm³/mol. The van der Waals surface area contributed by atoms with Crippen LogP contribution >= 0.6 is 11.3 Å². The molecular weight excluding hydrogens is 506 g/mol. The van der Waals surface area contributed by atoms with E-state index in [0.29, 0.717) is 43.2 Å². The lowest BCUT2D eigenvalue weighted by molar-refractivity contribution is -0.122.